The number of benzene rings is 1. The van der Waals surface area contributed by atoms with Gasteiger partial charge in [-0.3, -0.25) is 9.89 Å². The zero-order valence-corrected chi connectivity index (χ0v) is 19.2. The van der Waals surface area contributed by atoms with Gasteiger partial charge in [0.25, 0.3) is 5.56 Å². The van der Waals surface area contributed by atoms with Crippen LogP contribution in [0.5, 0.6) is 11.5 Å². The minimum atomic E-state index is -0.0955. The number of methoxy groups -OCH3 is 2. The summed E-state index contributed by atoms with van der Waals surface area (Å²) in [5.74, 6) is 2.01. The normalized spacial score (nSPS) is 15.9. The van der Waals surface area contributed by atoms with E-state index in [0.29, 0.717) is 29.6 Å². The van der Waals surface area contributed by atoms with Crippen LogP contribution >= 0.6 is 0 Å². The third kappa shape index (κ3) is 4.66. The van der Waals surface area contributed by atoms with Crippen LogP contribution in [0.1, 0.15) is 55.6 Å². The fourth-order valence-corrected chi connectivity index (χ4v) is 4.31. The second-order valence-corrected chi connectivity index (χ2v) is 8.60. The zero-order chi connectivity index (χ0) is 22.7. The molecule has 1 fully saturated rings. The monoisotopic (exact) mass is 440 g/mol. The van der Waals surface area contributed by atoms with Crippen molar-refractivity contribution in [1.82, 2.24) is 19.9 Å². The van der Waals surface area contributed by atoms with Crippen LogP contribution in [-0.4, -0.2) is 42.0 Å². The van der Waals surface area contributed by atoms with Crippen LogP contribution in [0.4, 0.5) is 0 Å². The largest absolute Gasteiger partial charge is 0.493 e. The number of hydrogen-bond acceptors (Lipinski definition) is 6. The minimum absolute atomic E-state index is 0.0674. The molecular weight excluding hydrogens is 408 g/mol. The Kier molecular flexibility index (Phi) is 6.81. The van der Waals surface area contributed by atoms with Gasteiger partial charge >= 0.3 is 0 Å². The van der Waals surface area contributed by atoms with Crippen LogP contribution < -0.4 is 20.3 Å². The Balaban J connectivity index is 1.57. The molecule has 8 heteroatoms. The van der Waals surface area contributed by atoms with Crippen molar-refractivity contribution >= 4 is 5.65 Å². The predicted octanol–water partition coefficient (Wildman–Crippen LogP) is 3.42. The van der Waals surface area contributed by atoms with E-state index in [2.05, 4.69) is 24.3 Å². The summed E-state index contributed by atoms with van der Waals surface area (Å²) >= 11 is 0. The molecule has 2 aromatic heterocycles. The second kappa shape index (κ2) is 9.75. The maximum absolute atomic E-state index is 12.9. The van der Waals surface area contributed by atoms with Crippen LogP contribution in [0.3, 0.4) is 0 Å². The Labute approximate surface area is 187 Å². The van der Waals surface area contributed by atoms with E-state index < -0.39 is 0 Å². The van der Waals surface area contributed by atoms with Gasteiger partial charge in [0.2, 0.25) is 0 Å². The number of fused-ring (bicyclic) bond motifs is 1. The molecule has 1 aromatic carbocycles. The Morgan fingerprint density at radius 2 is 1.91 bits per heavy atom. The van der Waals surface area contributed by atoms with E-state index >= 15 is 0 Å². The second-order valence-electron chi connectivity index (χ2n) is 8.60. The highest BCUT2D eigenvalue weighted by Crippen LogP contribution is 2.29. The van der Waals surface area contributed by atoms with Gasteiger partial charge in [-0.05, 0) is 36.5 Å². The molecule has 0 amide bonds. The van der Waals surface area contributed by atoms with Gasteiger partial charge in [-0.1, -0.05) is 19.9 Å². The molecule has 0 aliphatic carbocycles. The fourth-order valence-electron chi connectivity index (χ4n) is 4.31. The lowest BCUT2D eigenvalue weighted by Crippen LogP contribution is -2.28. The van der Waals surface area contributed by atoms with E-state index in [1.807, 2.05) is 24.3 Å². The third-order valence-corrected chi connectivity index (χ3v) is 6.11. The van der Waals surface area contributed by atoms with Gasteiger partial charge in [0, 0.05) is 43.5 Å². The molecule has 4 rings (SSSR count). The van der Waals surface area contributed by atoms with Gasteiger partial charge in [0.1, 0.15) is 0 Å². The molecule has 1 aliphatic heterocycles. The summed E-state index contributed by atoms with van der Waals surface area (Å²) < 4.78 is 17.7. The zero-order valence-electron chi connectivity index (χ0n) is 19.2. The quantitative estimate of drug-likeness (QED) is 0.558. The SMILES string of the molecule is COc1ccc(CNC(c2cc(=O)n3[nH]c(C4CCOCC4)cc3n2)C(C)C)cc1OC. The molecule has 3 aromatic rings. The summed E-state index contributed by atoms with van der Waals surface area (Å²) in [5.41, 5.74) is 3.43. The maximum atomic E-state index is 12.9. The molecule has 172 valence electrons. The Morgan fingerprint density at radius 3 is 2.59 bits per heavy atom. The number of nitrogens with one attached hydrogen (secondary N) is 2. The molecule has 3 heterocycles. The van der Waals surface area contributed by atoms with Crippen LogP contribution in [0.25, 0.3) is 5.65 Å². The lowest BCUT2D eigenvalue weighted by molar-refractivity contribution is 0.0844. The summed E-state index contributed by atoms with van der Waals surface area (Å²) in [5, 5.41) is 6.82. The molecule has 0 bridgehead atoms. The van der Waals surface area contributed by atoms with Crippen molar-refractivity contribution in [2.45, 2.75) is 45.2 Å². The van der Waals surface area contributed by atoms with E-state index in [9.17, 15) is 4.79 Å². The van der Waals surface area contributed by atoms with Gasteiger partial charge in [0.15, 0.2) is 17.1 Å². The van der Waals surface area contributed by atoms with Crippen LogP contribution in [0.2, 0.25) is 0 Å². The van der Waals surface area contributed by atoms with Gasteiger partial charge in [0.05, 0.1) is 26.0 Å². The number of nitrogens with zero attached hydrogens (tertiary/aromatic N) is 2. The van der Waals surface area contributed by atoms with Crippen molar-refractivity contribution in [3.05, 3.63) is 57.6 Å². The van der Waals surface area contributed by atoms with Crippen molar-refractivity contribution in [1.29, 1.82) is 0 Å². The number of rotatable bonds is 8. The van der Waals surface area contributed by atoms with Crippen molar-refractivity contribution in [3.8, 4) is 11.5 Å². The number of H-pyrrole nitrogens is 1. The molecule has 1 saturated heterocycles. The topological polar surface area (TPSA) is 89.9 Å². The van der Waals surface area contributed by atoms with E-state index in [0.717, 1.165) is 43.0 Å². The molecule has 1 unspecified atom stereocenters. The number of ether oxygens (including phenoxy) is 3. The third-order valence-electron chi connectivity index (χ3n) is 6.11. The lowest BCUT2D eigenvalue weighted by Gasteiger charge is -2.22. The summed E-state index contributed by atoms with van der Waals surface area (Å²) in [4.78, 5) is 17.7. The predicted molar refractivity (Wildman–Crippen MR) is 123 cm³/mol. The molecule has 1 aliphatic rings. The first-order valence-corrected chi connectivity index (χ1v) is 11.1. The molecule has 1 atom stereocenters. The lowest BCUT2D eigenvalue weighted by atomic mass is 9.97. The van der Waals surface area contributed by atoms with E-state index in [1.54, 1.807) is 24.8 Å². The Morgan fingerprint density at radius 1 is 1.16 bits per heavy atom. The average Bonchev–Trinajstić information content (AvgIpc) is 3.24. The Hall–Kier alpha value is -2.84. The van der Waals surface area contributed by atoms with Crippen molar-refractivity contribution < 1.29 is 14.2 Å². The number of hydrogen-bond donors (Lipinski definition) is 2. The summed E-state index contributed by atoms with van der Waals surface area (Å²) in [6.45, 7) is 6.37. The van der Waals surface area contributed by atoms with Crippen LogP contribution in [-0.2, 0) is 11.3 Å². The smallest absolute Gasteiger partial charge is 0.272 e. The van der Waals surface area contributed by atoms with Gasteiger partial charge in [-0.2, -0.15) is 0 Å². The van der Waals surface area contributed by atoms with E-state index in [-0.39, 0.29) is 17.5 Å². The summed E-state index contributed by atoms with van der Waals surface area (Å²) in [7, 11) is 3.25. The fraction of sp³-hybridized carbons (Fsp3) is 0.500. The number of aromatic amines is 1. The van der Waals surface area contributed by atoms with Crippen LogP contribution in [0.15, 0.2) is 35.1 Å². The molecule has 32 heavy (non-hydrogen) atoms. The van der Waals surface area contributed by atoms with Crippen molar-refractivity contribution in [2.24, 2.45) is 5.92 Å². The number of aromatic nitrogens is 3. The van der Waals surface area contributed by atoms with E-state index in [4.69, 9.17) is 19.2 Å². The van der Waals surface area contributed by atoms with Crippen LogP contribution in [0, 0.1) is 5.92 Å². The molecule has 0 spiro atoms. The standard InChI is InChI=1S/C24H32N4O4/c1-15(2)24(25-14-16-5-6-20(30-3)21(11-16)31-4)19-13-23(29)28-22(26-19)12-18(27-28)17-7-9-32-10-8-17/h5-6,11-13,15,17,24-25,27H,7-10,14H2,1-4H3. The first-order chi connectivity index (χ1) is 15.5. The molecule has 0 saturated carbocycles. The summed E-state index contributed by atoms with van der Waals surface area (Å²) in [6, 6.07) is 9.43. The van der Waals surface area contributed by atoms with E-state index in [1.165, 1.54) is 0 Å². The van der Waals surface area contributed by atoms with Gasteiger partial charge in [-0.25, -0.2) is 9.50 Å². The average molecular weight is 441 g/mol. The molecule has 8 nitrogen and oxygen atoms in total. The Bertz CT molecular complexity index is 1110. The molecular formula is C24H32N4O4. The minimum Gasteiger partial charge on any atom is -0.493 e. The van der Waals surface area contributed by atoms with Gasteiger partial charge < -0.3 is 19.5 Å². The first-order valence-electron chi connectivity index (χ1n) is 11.1. The van der Waals surface area contributed by atoms with Gasteiger partial charge in [-0.15, -0.1) is 0 Å². The first kappa shape index (κ1) is 22.4. The highest BCUT2D eigenvalue weighted by molar-refractivity contribution is 5.43. The van der Waals surface area contributed by atoms with Crippen molar-refractivity contribution in [3.63, 3.8) is 0 Å². The maximum Gasteiger partial charge on any atom is 0.272 e. The van der Waals surface area contributed by atoms with Crippen molar-refractivity contribution in [2.75, 3.05) is 27.4 Å². The molecule has 0 radical (unpaired) electrons. The highest BCUT2D eigenvalue weighted by atomic mass is 16.5. The highest BCUT2D eigenvalue weighted by Gasteiger charge is 2.22. The summed E-state index contributed by atoms with van der Waals surface area (Å²) in [6.07, 6.45) is 1.91. The molecule has 2 N–H and O–H groups in total.